The monoisotopic (exact) mass is 204 g/mol. The van der Waals surface area contributed by atoms with Gasteiger partial charge in [0.15, 0.2) is 0 Å². The molecular weight excluding hydrogens is 192 g/mol. The summed E-state index contributed by atoms with van der Waals surface area (Å²) in [6.07, 6.45) is 5.35. The molecule has 0 bridgehead atoms. The smallest absolute Gasteiger partial charge is 0.339 e. The summed E-state index contributed by atoms with van der Waals surface area (Å²) < 4.78 is 5.52. The third-order valence-electron chi connectivity index (χ3n) is 1.20. The van der Waals surface area contributed by atoms with Crippen molar-refractivity contribution in [2.75, 3.05) is 19.6 Å². The number of carbonyl (C=O) groups is 1. The Morgan fingerprint density at radius 2 is 1.92 bits per heavy atom. The highest BCUT2D eigenvalue weighted by Crippen LogP contribution is 2.28. The van der Waals surface area contributed by atoms with E-state index >= 15 is 0 Å². The van der Waals surface area contributed by atoms with Crippen LogP contribution in [0, 0.1) is 0 Å². The molecule has 0 atom stereocenters. The van der Waals surface area contributed by atoms with E-state index in [1.54, 1.807) is 0 Å². The summed E-state index contributed by atoms with van der Waals surface area (Å²) in [6.45, 7) is 3.56. The Hall–Kier alpha value is -0.350. The Bertz CT molecular complexity index is 203. The van der Waals surface area contributed by atoms with Crippen LogP contribution in [-0.4, -0.2) is 25.6 Å². The number of thioether (sulfide) groups is 2. The summed E-state index contributed by atoms with van der Waals surface area (Å²) in [5, 5.41) is 0. The fourth-order valence-corrected chi connectivity index (χ4v) is 2.10. The molecule has 0 spiro atoms. The van der Waals surface area contributed by atoms with Gasteiger partial charge in [0.1, 0.15) is 0 Å². The van der Waals surface area contributed by atoms with E-state index in [9.17, 15) is 4.79 Å². The minimum atomic E-state index is -0.330. The quantitative estimate of drug-likeness (QED) is 0.399. The number of hydrogen-bond donors (Lipinski definition) is 0. The molecule has 0 aliphatic rings. The Labute approximate surface area is 81.4 Å². The largest absolute Gasteiger partial charge is 0.465 e. The average Bonchev–Trinajstić information content (AvgIpc) is 2.12. The van der Waals surface area contributed by atoms with Gasteiger partial charge in [-0.1, -0.05) is 12.7 Å². The highest BCUT2D eigenvalue weighted by atomic mass is 32.2. The molecular formula is C8H12O2S2. The van der Waals surface area contributed by atoms with E-state index < -0.39 is 0 Å². The second-order valence-corrected chi connectivity index (χ2v) is 3.70. The van der Waals surface area contributed by atoms with Crippen molar-refractivity contribution in [1.82, 2.24) is 0 Å². The molecule has 0 rings (SSSR count). The van der Waals surface area contributed by atoms with Crippen LogP contribution in [-0.2, 0) is 9.53 Å². The Balaban J connectivity index is 4.81. The molecule has 68 valence electrons. The van der Waals surface area contributed by atoms with Gasteiger partial charge in [-0.3, -0.25) is 0 Å². The van der Waals surface area contributed by atoms with Crippen LogP contribution in [0.2, 0.25) is 0 Å². The third-order valence-corrected chi connectivity index (χ3v) is 3.38. The number of methoxy groups -OCH3 is 1. The topological polar surface area (TPSA) is 26.3 Å². The molecule has 0 aliphatic heterocycles. The lowest BCUT2D eigenvalue weighted by Crippen LogP contribution is -2.03. The van der Waals surface area contributed by atoms with Crippen molar-refractivity contribution in [3.05, 3.63) is 22.5 Å². The van der Waals surface area contributed by atoms with Crippen LogP contribution in [0.5, 0.6) is 0 Å². The predicted molar refractivity (Wildman–Crippen MR) is 56.3 cm³/mol. The highest BCUT2D eigenvalue weighted by Gasteiger charge is 2.10. The molecule has 0 aromatic carbocycles. The summed E-state index contributed by atoms with van der Waals surface area (Å²) in [7, 11) is 1.37. The van der Waals surface area contributed by atoms with Gasteiger partial charge < -0.3 is 4.74 Å². The first kappa shape index (κ1) is 11.6. The highest BCUT2D eigenvalue weighted by molar-refractivity contribution is 8.21. The van der Waals surface area contributed by atoms with E-state index in [0.717, 1.165) is 4.24 Å². The fourth-order valence-electron chi connectivity index (χ4n) is 0.663. The summed E-state index contributed by atoms with van der Waals surface area (Å²) in [4.78, 5) is 11.1. The second-order valence-electron chi connectivity index (χ2n) is 1.81. The maximum Gasteiger partial charge on any atom is 0.339 e. The van der Waals surface area contributed by atoms with Gasteiger partial charge in [-0.2, -0.15) is 0 Å². The Morgan fingerprint density at radius 1 is 1.42 bits per heavy atom. The lowest BCUT2D eigenvalue weighted by atomic mass is 10.3. The maximum atomic E-state index is 11.1. The van der Waals surface area contributed by atoms with Gasteiger partial charge in [-0.25, -0.2) is 4.79 Å². The normalized spacial score (nSPS) is 8.92. The van der Waals surface area contributed by atoms with Crippen molar-refractivity contribution >= 4 is 29.5 Å². The maximum absolute atomic E-state index is 11.1. The zero-order chi connectivity index (χ0) is 9.56. The molecule has 12 heavy (non-hydrogen) atoms. The van der Waals surface area contributed by atoms with Crippen molar-refractivity contribution in [2.24, 2.45) is 0 Å². The van der Waals surface area contributed by atoms with E-state index in [-0.39, 0.29) is 5.97 Å². The van der Waals surface area contributed by atoms with Crippen LogP contribution in [0.15, 0.2) is 22.5 Å². The van der Waals surface area contributed by atoms with E-state index in [1.807, 2.05) is 12.5 Å². The standard InChI is InChI=1S/C8H12O2S2/c1-5-6(7(9)10-2)8(11-3)12-4/h5H,1H2,2-4H3. The van der Waals surface area contributed by atoms with Gasteiger partial charge >= 0.3 is 5.97 Å². The Kier molecular flexibility index (Phi) is 6.02. The van der Waals surface area contributed by atoms with E-state index in [0.29, 0.717) is 5.57 Å². The van der Waals surface area contributed by atoms with Crippen LogP contribution < -0.4 is 0 Å². The third kappa shape index (κ3) is 2.95. The van der Waals surface area contributed by atoms with E-state index in [4.69, 9.17) is 0 Å². The molecule has 0 unspecified atom stereocenters. The van der Waals surface area contributed by atoms with E-state index in [2.05, 4.69) is 11.3 Å². The average molecular weight is 204 g/mol. The number of carbonyl (C=O) groups excluding carboxylic acids is 1. The number of rotatable bonds is 4. The summed E-state index contributed by atoms with van der Waals surface area (Å²) >= 11 is 3.03. The van der Waals surface area contributed by atoms with Crippen molar-refractivity contribution < 1.29 is 9.53 Å². The summed E-state index contributed by atoms with van der Waals surface area (Å²) in [6, 6.07) is 0. The number of ether oxygens (including phenoxy) is 1. The molecule has 0 aliphatic carbocycles. The van der Waals surface area contributed by atoms with Crippen LogP contribution >= 0.6 is 23.5 Å². The first-order valence-electron chi connectivity index (χ1n) is 3.24. The molecule has 0 amide bonds. The Morgan fingerprint density at radius 3 is 2.17 bits per heavy atom. The zero-order valence-electron chi connectivity index (χ0n) is 7.42. The fraction of sp³-hybridized carbons (Fsp3) is 0.375. The van der Waals surface area contributed by atoms with Crippen molar-refractivity contribution in [2.45, 2.75) is 0 Å². The molecule has 0 aromatic rings. The van der Waals surface area contributed by atoms with Gasteiger partial charge in [0, 0.05) is 0 Å². The van der Waals surface area contributed by atoms with Crippen LogP contribution in [0.1, 0.15) is 0 Å². The molecule has 0 aromatic heterocycles. The summed E-state index contributed by atoms with van der Waals surface area (Å²) in [5.74, 6) is -0.330. The van der Waals surface area contributed by atoms with Gasteiger partial charge in [-0.05, 0) is 12.5 Å². The molecule has 0 saturated heterocycles. The van der Waals surface area contributed by atoms with Gasteiger partial charge in [0.05, 0.1) is 16.9 Å². The zero-order valence-corrected chi connectivity index (χ0v) is 9.05. The van der Waals surface area contributed by atoms with E-state index in [1.165, 1.54) is 36.7 Å². The number of hydrogen-bond acceptors (Lipinski definition) is 4. The molecule has 4 heteroatoms. The lowest BCUT2D eigenvalue weighted by molar-refractivity contribution is -0.135. The van der Waals surface area contributed by atoms with Gasteiger partial charge in [-0.15, -0.1) is 23.5 Å². The molecule has 0 heterocycles. The minimum Gasteiger partial charge on any atom is -0.465 e. The molecule has 0 radical (unpaired) electrons. The predicted octanol–water partition coefficient (Wildman–Crippen LogP) is 2.28. The molecule has 0 fully saturated rings. The van der Waals surface area contributed by atoms with Crippen molar-refractivity contribution in [3.63, 3.8) is 0 Å². The summed E-state index contributed by atoms with van der Waals surface area (Å²) in [5.41, 5.74) is 0.539. The number of esters is 1. The SMILES string of the molecule is C=CC(C(=O)OC)=C(SC)SC. The first-order valence-corrected chi connectivity index (χ1v) is 5.69. The molecule has 0 saturated carbocycles. The lowest BCUT2D eigenvalue weighted by Gasteiger charge is -2.04. The molecule has 0 N–H and O–H groups in total. The van der Waals surface area contributed by atoms with Crippen molar-refractivity contribution in [1.29, 1.82) is 0 Å². The van der Waals surface area contributed by atoms with Crippen LogP contribution in [0.3, 0.4) is 0 Å². The van der Waals surface area contributed by atoms with Gasteiger partial charge in [0.2, 0.25) is 0 Å². The second kappa shape index (κ2) is 6.20. The van der Waals surface area contributed by atoms with Crippen molar-refractivity contribution in [3.8, 4) is 0 Å². The first-order chi connectivity index (χ1) is 5.71. The van der Waals surface area contributed by atoms with Gasteiger partial charge in [0.25, 0.3) is 0 Å². The minimum absolute atomic E-state index is 0.330. The van der Waals surface area contributed by atoms with Crippen LogP contribution in [0.25, 0.3) is 0 Å². The molecule has 2 nitrogen and oxygen atoms in total. The van der Waals surface area contributed by atoms with Crippen LogP contribution in [0.4, 0.5) is 0 Å².